The number of carbonyl (C=O) groups is 2. The van der Waals surface area contributed by atoms with E-state index in [2.05, 4.69) is 16.0 Å². The van der Waals surface area contributed by atoms with E-state index < -0.39 is 0 Å². The third-order valence-corrected chi connectivity index (χ3v) is 5.27. The van der Waals surface area contributed by atoms with E-state index in [-0.39, 0.29) is 17.2 Å². The molecule has 0 bridgehead atoms. The van der Waals surface area contributed by atoms with Crippen molar-refractivity contribution in [3.63, 3.8) is 0 Å². The van der Waals surface area contributed by atoms with Crippen LogP contribution >= 0.6 is 0 Å². The van der Waals surface area contributed by atoms with Gasteiger partial charge in [-0.05, 0) is 38.3 Å². The van der Waals surface area contributed by atoms with Gasteiger partial charge in [0.1, 0.15) is 0 Å². The van der Waals surface area contributed by atoms with Gasteiger partial charge in [-0.2, -0.15) is 0 Å². The monoisotopic (exact) mass is 401 g/mol. The highest BCUT2D eigenvalue weighted by Crippen LogP contribution is 2.39. The molecule has 0 spiro atoms. The summed E-state index contributed by atoms with van der Waals surface area (Å²) >= 11 is 0. The van der Waals surface area contributed by atoms with Gasteiger partial charge in [0.05, 0.1) is 12.0 Å². The number of carbonyl (C=O) groups excluding carboxylic acids is 2. The van der Waals surface area contributed by atoms with Crippen LogP contribution < -0.4 is 16.0 Å². The first-order chi connectivity index (χ1) is 14.0. The summed E-state index contributed by atoms with van der Waals surface area (Å²) in [5, 5.41) is 9.48. The first-order valence-electron chi connectivity index (χ1n) is 10.6. The molecule has 1 aromatic rings. The molecule has 160 valence electrons. The number of nitrogens with one attached hydrogen (secondary N) is 3. The Hall–Kier alpha value is -2.57. The van der Waals surface area contributed by atoms with Crippen molar-refractivity contribution >= 4 is 17.8 Å². The molecule has 0 aliphatic heterocycles. The topological polar surface area (TPSA) is 85.8 Å². The Morgan fingerprint density at radius 2 is 1.69 bits per heavy atom. The molecule has 1 saturated carbocycles. The summed E-state index contributed by atoms with van der Waals surface area (Å²) in [6.45, 7) is 4.56. The van der Waals surface area contributed by atoms with E-state index in [4.69, 9.17) is 4.99 Å². The fourth-order valence-corrected chi connectivity index (χ4v) is 3.73. The summed E-state index contributed by atoms with van der Waals surface area (Å²) in [4.78, 5) is 31.1. The standard InChI is InChI=1S/C22H35N5O2/c1-4-23-21(26-17-22(13-8-9-14-22)20(29)27(2)3)25-16-10-15-24-19(28)18-11-6-5-7-12-18/h5-7,11-12H,4,8-10,13-17H2,1-3H3,(H,24,28)(H2,23,25,26). The number of nitrogens with zero attached hydrogens (tertiary/aromatic N) is 2. The van der Waals surface area contributed by atoms with Crippen molar-refractivity contribution < 1.29 is 9.59 Å². The Bertz CT molecular complexity index is 682. The van der Waals surface area contributed by atoms with E-state index in [1.54, 1.807) is 17.0 Å². The molecule has 0 atom stereocenters. The second-order valence-electron chi connectivity index (χ2n) is 7.78. The molecule has 7 nitrogen and oxygen atoms in total. The van der Waals surface area contributed by atoms with E-state index in [9.17, 15) is 9.59 Å². The molecule has 0 unspecified atom stereocenters. The maximum Gasteiger partial charge on any atom is 0.251 e. The van der Waals surface area contributed by atoms with Gasteiger partial charge in [-0.25, -0.2) is 0 Å². The average molecular weight is 402 g/mol. The van der Waals surface area contributed by atoms with Crippen molar-refractivity contribution in [2.75, 3.05) is 40.3 Å². The fraction of sp³-hybridized carbons (Fsp3) is 0.591. The van der Waals surface area contributed by atoms with Crippen LogP contribution in [0.25, 0.3) is 0 Å². The molecule has 29 heavy (non-hydrogen) atoms. The van der Waals surface area contributed by atoms with Gasteiger partial charge in [-0.3, -0.25) is 14.6 Å². The summed E-state index contributed by atoms with van der Waals surface area (Å²) in [5.74, 6) is 0.842. The van der Waals surface area contributed by atoms with Crippen LogP contribution in [-0.2, 0) is 4.79 Å². The Morgan fingerprint density at radius 1 is 1.03 bits per heavy atom. The number of guanidine groups is 1. The van der Waals surface area contributed by atoms with Gasteiger partial charge < -0.3 is 20.9 Å². The SMILES string of the molecule is CCNC(=NCC1(C(=O)N(C)C)CCCC1)NCCCNC(=O)c1ccccc1. The molecule has 0 aromatic heterocycles. The van der Waals surface area contributed by atoms with Gasteiger partial charge >= 0.3 is 0 Å². The zero-order valence-electron chi connectivity index (χ0n) is 18.0. The predicted octanol–water partition coefficient (Wildman–Crippen LogP) is 2.01. The summed E-state index contributed by atoms with van der Waals surface area (Å²) in [7, 11) is 3.64. The van der Waals surface area contributed by atoms with E-state index in [1.165, 1.54) is 0 Å². The minimum absolute atomic E-state index is 0.0588. The minimum Gasteiger partial charge on any atom is -0.357 e. The first-order valence-corrected chi connectivity index (χ1v) is 10.6. The molecule has 2 rings (SSSR count). The lowest BCUT2D eigenvalue weighted by Crippen LogP contribution is -2.43. The smallest absolute Gasteiger partial charge is 0.251 e. The van der Waals surface area contributed by atoms with E-state index >= 15 is 0 Å². The predicted molar refractivity (Wildman–Crippen MR) is 117 cm³/mol. The van der Waals surface area contributed by atoms with E-state index in [0.717, 1.165) is 44.6 Å². The second kappa shape index (κ2) is 11.4. The molecule has 3 N–H and O–H groups in total. The maximum atomic E-state index is 12.7. The highest BCUT2D eigenvalue weighted by molar-refractivity contribution is 5.94. The fourth-order valence-electron chi connectivity index (χ4n) is 3.73. The lowest BCUT2D eigenvalue weighted by atomic mass is 9.85. The molecule has 0 saturated heterocycles. The van der Waals surface area contributed by atoms with Crippen LogP contribution in [0, 0.1) is 5.41 Å². The van der Waals surface area contributed by atoms with Crippen LogP contribution in [0.15, 0.2) is 35.3 Å². The first kappa shape index (κ1) is 22.7. The Balaban J connectivity index is 1.81. The van der Waals surface area contributed by atoms with Gasteiger partial charge in [0.25, 0.3) is 5.91 Å². The van der Waals surface area contributed by atoms with Gasteiger partial charge in [-0.15, -0.1) is 0 Å². The summed E-state index contributed by atoms with van der Waals surface area (Å²) < 4.78 is 0. The van der Waals surface area contributed by atoms with Crippen LogP contribution in [0.2, 0.25) is 0 Å². The van der Waals surface area contributed by atoms with Crippen molar-refractivity contribution in [3.05, 3.63) is 35.9 Å². The van der Waals surface area contributed by atoms with E-state index in [1.807, 2.05) is 39.2 Å². The maximum absolute atomic E-state index is 12.7. The van der Waals surface area contributed by atoms with Crippen LogP contribution in [0.4, 0.5) is 0 Å². The molecule has 7 heteroatoms. The Kier molecular flexibility index (Phi) is 8.96. The number of benzene rings is 1. The molecule has 0 heterocycles. The van der Waals surface area contributed by atoms with Gasteiger partial charge in [0.15, 0.2) is 5.96 Å². The molecule has 0 radical (unpaired) electrons. The number of hydrogen-bond donors (Lipinski definition) is 3. The zero-order valence-corrected chi connectivity index (χ0v) is 18.0. The lowest BCUT2D eigenvalue weighted by Gasteiger charge is -2.29. The number of hydrogen-bond acceptors (Lipinski definition) is 3. The highest BCUT2D eigenvalue weighted by Gasteiger charge is 2.42. The second-order valence-corrected chi connectivity index (χ2v) is 7.78. The quantitative estimate of drug-likeness (QED) is 0.336. The normalized spacial score (nSPS) is 15.6. The van der Waals surface area contributed by atoms with Crippen LogP contribution in [0.3, 0.4) is 0 Å². The van der Waals surface area contributed by atoms with Crippen molar-refractivity contribution in [1.82, 2.24) is 20.9 Å². The Labute approximate surface area is 174 Å². The van der Waals surface area contributed by atoms with Crippen LogP contribution in [-0.4, -0.2) is 62.9 Å². The van der Waals surface area contributed by atoms with E-state index in [0.29, 0.717) is 25.2 Å². The van der Waals surface area contributed by atoms with Gasteiger partial charge in [-0.1, -0.05) is 31.0 Å². The molecule has 1 fully saturated rings. The Morgan fingerprint density at radius 3 is 2.31 bits per heavy atom. The van der Waals surface area contributed by atoms with Gasteiger partial charge in [0.2, 0.25) is 5.91 Å². The van der Waals surface area contributed by atoms with Crippen LogP contribution in [0.1, 0.15) is 49.4 Å². The number of rotatable bonds is 9. The van der Waals surface area contributed by atoms with Crippen molar-refractivity contribution in [2.45, 2.75) is 39.0 Å². The van der Waals surface area contributed by atoms with Crippen LogP contribution in [0.5, 0.6) is 0 Å². The van der Waals surface area contributed by atoms with Crippen molar-refractivity contribution in [3.8, 4) is 0 Å². The lowest BCUT2D eigenvalue weighted by molar-refractivity contribution is -0.138. The zero-order chi connectivity index (χ0) is 21.1. The third-order valence-electron chi connectivity index (χ3n) is 5.27. The summed E-state index contributed by atoms with van der Waals surface area (Å²) in [5.41, 5.74) is 0.304. The largest absolute Gasteiger partial charge is 0.357 e. The molecule has 2 amide bonds. The third kappa shape index (κ3) is 6.76. The van der Waals surface area contributed by atoms with Crippen molar-refractivity contribution in [2.24, 2.45) is 10.4 Å². The summed E-state index contributed by atoms with van der Waals surface area (Å²) in [6, 6.07) is 9.21. The molecule has 1 aromatic carbocycles. The molecule has 1 aliphatic carbocycles. The molecular weight excluding hydrogens is 366 g/mol. The molecule has 1 aliphatic rings. The number of amides is 2. The summed E-state index contributed by atoms with van der Waals surface area (Å²) in [6.07, 6.45) is 4.75. The van der Waals surface area contributed by atoms with Crippen molar-refractivity contribution in [1.29, 1.82) is 0 Å². The van der Waals surface area contributed by atoms with Gasteiger partial charge in [0, 0.05) is 39.3 Å². The average Bonchev–Trinajstić information content (AvgIpc) is 3.21. The molecular formula is C22H35N5O2. The number of aliphatic imine (C=N–C) groups is 1. The highest BCUT2D eigenvalue weighted by atomic mass is 16.2. The minimum atomic E-state index is -0.366.